The Morgan fingerprint density at radius 1 is 1.37 bits per heavy atom. The van der Waals surface area contributed by atoms with Gasteiger partial charge in [0.15, 0.2) is 0 Å². The van der Waals surface area contributed by atoms with Gasteiger partial charge in [-0.3, -0.25) is 19.3 Å². The molecule has 0 radical (unpaired) electrons. The Hall–Kier alpha value is -1.63. The Kier molecular flexibility index (Phi) is 4.36. The van der Waals surface area contributed by atoms with Gasteiger partial charge in [-0.2, -0.15) is 0 Å². The number of piperazine rings is 1. The minimum absolute atomic E-state index is 0.0408. The summed E-state index contributed by atoms with van der Waals surface area (Å²) in [4.78, 5) is 35.6. The van der Waals surface area contributed by atoms with Gasteiger partial charge in [-0.1, -0.05) is 12.8 Å². The Bertz CT molecular complexity index is 379. The fraction of sp³-hybridized carbons (Fsp3) is 0.750. The summed E-state index contributed by atoms with van der Waals surface area (Å²) in [7, 11) is 0. The molecule has 19 heavy (non-hydrogen) atoms. The zero-order valence-corrected chi connectivity index (χ0v) is 10.7. The molecule has 106 valence electrons. The van der Waals surface area contributed by atoms with E-state index >= 15 is 0 Å². The van der Waals surface area contributed by atoms with Crippen molar-refractivity contribution >= 4 is 17.8 Å². The van der Waals surface area contributed by atoms with Crippen LogP contribution in [0.25, 0.3) is 0 Å². The number of nitrogens with zero attached hydrogens (tertiary/aromatic N) is 1. The van der Waals surface area contributed by atoms with E-state index in [1.54, 1.807) is 0 Å². The molecule has 2 rings (SSSR count). The van der Waals surface area contributed by atoms with Crippen LogP contribution in [0.5, 0.6) is 0 Å². The molecule has 1 saturated heterocycles. The number of hydrogen-bond donors (Lipinski definition) is 3. The molecule has 7 nitrogen and oxygen atoms in total. The molecule has 1 heterocycles. The van der Waals surface area contributed by atoms with Gasteiger partial charge in [-0.25, -0.2) is 0 Å². The van der Waals surface area contributed by atoms with Crippen molar-refractivity contribution in [3.63, 3.8) is 0 Å². The van der Waals surface area contributed by atoms with E-state index in [0.717, 1.165) is 25.7 Å². The molecule has 1 unspecified atom stereocenters. The van der Waals surface area contributed by atoms with Gasteiger partial charge < -0.3 is 15.7 Å². The van der Waals surface area contributed by atoms with Crippen molar-refractivity contribution in [2.24, 2.45) is 0 Å². The topological polar surface area (TPSA) is 98.7 Å². The number of aliphatic carboxylic acids is 1. The monoisotopic (exact) mass is 269 g/mol. The highest BCUT2D eigenvalue weighted by Gasteiger charge is 2.33. The minimum atomic E-state index is -1.02. The molecule has 0 aromatic carbocycles. The summed E-state index contributed by atoms with van der Waals surface area (Å²) < 4.78 is 0. The van der Waals surface area contributed by atoms with Gasteiger partial charge in [0.25, 0.3) is 0 Å². The summed E-state index contributed by atoms with van der Waals surface area (Å²) >= 11 is 0. The molecule has 2 aliphatic rings. The highest BCUT2D eigenvalue weighted by Crippen LogP contribution is 2.17. The first kappa shape index (κ1) is 13.8. The molecule has 1 atom stereocenters. The van der Waals surface area contributed by atoms with Crippen molar-refractivity contribution in [1.82, 2.24) is 15.5 Å². The Morgan fingerprint density at radius 3 is 2.68 bits per heavy atom. The number of carboxylic acids is 1. The van der Waals surface area contributed by atoms with Crippen molar-refractivity contribution in [2.45, 2.75) is 37.8 Å². The van der Waals surface area contributed by atoms with E-state index in [4.69, 9.17) is 5.11 Å². The number of rotatable bonds is 4. The van der Waals surface area contributed by atoms with Crippen LogP contribution in [0.4, 0.5) is 0 Å². The van der Waals surface area contributed by atoms with Crippen molar-refractivity contribution in [2.75, 3.05) is 19.6 Å². The second-order valence-corrected chi connectivity index (χ2v) is 5.11. The summed E-state index contributed by atoms with van der Waals surface area (Å²) in [6.07, 6.45) is 4.20. The maximum atomic E-state index is 11.9. The van der Waals surface area contributed by atoms with Gasteiger partial charge >= 0.3 is 5.97 Å². The Labute approximate surface area is 111 Å². The summed E-state index contributed by atoms with van der Waals surface area (Å²) in [6, 6.07) is -0.624. The fourth-order valence-corrected chi connectivity index (χ4v) is 2.63. The Morgan fingerprint density at radius 2 is 2.05 bits per heavy atom. The number of hydrogen-bond acceptors (Lipinski definition) is 4. The second kappa shape index (κ2) is 6.01. The zero-order chi connectivity index (χ0) is 13.8. The van der Waals surface area contributed by atoms with Gasteiger partial charge in [0.05, 0.1) is 13.1 Å². The standard InChI is InChI=1S/C12H19N3O4/c16-10-6-15(9(5-13-10)12(18)19)7-11(17)14-8-3-1-2-4-8/h8-9H,1-7H2,(H,13,16)(H,14,17)(H,18,19). The second-order valence-electron chi connectivity index (χ2n) is 5.11. The van der Waals surface area contributed by atoms with Gasteiger partial charge in [-0.05, 0) is 12.8 Å². The van der Waals surface area contributed by atoms with Crippen LogP contribution in [0.1, 0.15) is 25.7 Å². The van der Waals surface area contributed by atoms with Gasteiger partial charge in [-0.15, -0.1) is 0 Å². The lowest BCUT2D eigenvalue weighted by molar-refractivity contribution is -0.146. The number of amides is 2. The number of carboxylic acid groups (broad SMARTS) is 1. The number of carbonyl (C=O) groups excluding carboxylic acids is 2. The lowest BCUT2D eigenvalue weighted by Gasteiger charge is -2.32. The third-order valence-corrected chi connectivity index (χ3v) is 3.63. The lowest BCUT2D eigenvalue weighted by atomic mass is 10.2. The molecular formula is C12H19N3O4. The van der Waals surface area contributed by atoms with Gasteiger partial charge in [0.1, 0.15) is 6.04 Å². The third kappa shape index (κ3) is 3.66. The predicted octanol–water partition coefficient (Wildman–Crippen LogP) is -1.07. The molecule has 1 saturated carbocycles. The summed E-state index contributed by atoms with van der Waals surface area (Å²) in [5.41, 5.74) is 0. The molecule has 3 N–H and O–H groups in total. The molecule has 7 heteroatoms. The van der Waals surface area contributed by atoms with E-state index in [9.17, 15) is 14.4 Å². The molecule has 1 aliphatic carbocycles. The molecular weight excluding hydrogens is 250 g/mol. The molecule has 0 aromatic heterocycles. The quantitative estimate of drug-likeness (QED) is 0.603. The molecule has 0 bridgehead atoms. The van der Waals surface area contributed by atoms with Crippen LogP contribution >= 0.6 is 0 Å². The SMILES string of the molecule is O=C1CN(CC(=O)NC2CCCC2)C(C(=O)O)CN1. The van der Waals surface area contributed by atoms with Crippen LogP contribution in [-0.2, 0) is 14.4 Å². The van der Waals surface area contributed by atoms with Crippen molar-refractivity contribution < 1.29 is 19.5 Å². The smallest absolute Gasteiger partial charge is 0.322 e. The average molecular weight is 269 g/mol. The largest absolute Gasteiger partial charge is 0.480 e. The van der Waals surface area contributed by atoms with Crippen molar-refractivity contribution in [3.05, 3.63) is 0 Å². The average Bonchev–Trinajstić information content (AvgIpc) is 2.81. The Balaban J connectivity index is 1.88. The first-order valence-corrected chi connectivity index (χ1v) is 6.59. The minimum Gasteiger partial charge on any atom is -0.480 e. The van der Waals surface area contributed by atoms with Crippen LogP contribution in [0, 0.1) is 0 Å². The van der Waals surface area contributed by atoms with Crippen LogP contribution in [0.3, 0.4) is 0 Å². The summed E-state index contributed by atoms with van der Waals surface area (Å²) in [5, 5.41) is 14.5. The molecule has 2 fully saturated rings. The van der Waals surface area contributed by atoms with Crippen LogP contribution in [0.15, 0.2) is 0 Å². The van der Waals surface area contributed by atoms with E-state index in [-0.39, 0.29) is 37.5 Å². The summed E-state index contributed by atoms with van der Waals surface area (Å²) in [5.74, 6) is -1.47. The van der Waals surface area contributed by atoms with E-state index in [0.29, 0.717) is 0 Å². The highest BCUT2D eigenvalue weighted by atomic mass is 16.4. The highest BCUT2D eigenvalue weighted by molar-refractivity contribution is 5.85. The van der Waals surface area contributed by atoms with Crippen molar-refractivity contribution in [1.29, 1.82) is 0 Å². The molecule has 1 aliphatic heterocycles. The van der Waals surface area contributed by atoms with E-state index < -0.39 is 12.0 Å². The molecule has 2 amide bonds. The lowest BCUT2D eigenvalue weighted by Crippen LogP contribution is -2.59. The zero-order valence-electron chi connectivity index (χ0n) is 10.7. The van der Waals surface area contributed by atoms with Crippen molar-refractivity contribution in [3.8, 4) is 0 Å². The normalized spacial score (nSPS) is 25.1. The molecule has 0 aromatic rings. The van der Waals surface area contributed by atoms with Crippen LogP contribution < -0.4 is 10.6 Å². The molecule has 0 spiro atoms. The van der Waals surface area contributed by atoms with E-state index in [1.165, 1.54) is 4.90 Å². The third-order valence-electron chi connectivity index (χ3n) is 3.63. The summed E-state index contributed by atoms with van der Waals surface area (Å²) in [6.45, 7) is -0.0409. The first-order valence-electron chi connectivity index (χ1n) is 6.59. The van der Waals surface area contributed by atoms with Gasteiger partial charge in [0.2, 0.25) is 11.8 Å². The predicted molar refractivity (Wildman–Crippen MR) is 66.4 cm³/mol. The number of carbonyl (C=O) groups is 3. The van der Waals surface area contributed by atoms with E-state index in [1.807, 2.05) is 0 Å². The maximum absolute atomic E-state index is 11.9. The number of nitrogens with one attached hydrogen (secondary N) is 2. The van der Waals surface area contributed by atoms with Crippen LogP contribution in [0.2, 0.25) is 0 Å². The fourth-order valence-electron chi connectivity index (χ4n) is 2.63. The van der Waals surface area contributed by atoms with Crippen LogP contribution in [-0.4, -0.2) is 59.5 Å². The first-order chi connectivity index (χ1) is 9.06. The van der Waals surface area contributed by atoms with E-state index in [2.05, 4.69) is 10.6 Å². The van der Waals surface area contributed by atoms with Gasteiger partial charge in [0, 0.05) is 12.6 Å². The maximum Gasteiger partial charge on any atom is 0.322 e.